The van der Waals surface area contributed by atoms with Gasteiger partial charge in [-0.1, -0.05) is 6.07 Å². The molecule has 0 radical (unpaired) electrons. The minimum atomic E-state index is -3.59. The van der Waals surface area contributed by atoms with Gasteiger partial charge >= 0.3 is 0 Å². The van der Waals surface area contributed by atoms with Crippen LogP contribution in [0.5, 0.6) is 0 Å². The van der Waals surface area contributed by atoms with Crippen LogP contribution >= 0.6 is 11.8 Å². The van der Waals surface area contributed by atoms with Crippen molar-refractivity contribution in [3.8, 4) is 0 Å². The highest BCUT2D eigenvalue weighted by Crippen LogP contribution is 2.22. The van der Waals surface area contributed by atoms with E-state index in [1.807, 2.05) is 18.4 Å². The molecule has 0 saturated heterocycles. The molecule has 5 nitrogen and oxygen atoms in total. The fraction of sp³-hybridized carbons (Fsp3) is 0.231. The molecule has 20 heavy (non-hydrogen) atoms. The zero-order chi connectivity index (χ0) is 14.8. The Morgan fingerprint density at radius 2 is 2.10 bits per heavy atom. The Labute approximate surface area is 123 Å². The van der Waals surface area contributed by atoms with E-state index < -0.39 is 10.0 Å². The third-order valence-corrected chi connectivity index (χ3v) is 5.00. The maximum Gasteiger partial charge on any atom is 0.263 e. The number of thioether (sulfide) groups is 1. The first-order valence-electron chi connectivity index (χ1n) is 5.98. The van der Waals surface area contributed by atoms with E-state index in [4.69, 9.17) is 5.73 Å². The molecule has 0 aliphatic heterocycles. The van der Waals surface area contributed by atoms with Crippen molar-refractivity contribution in [2.45, 2.75) is 16.3 Å². The van der Waals surface area contributed by atoms with Gasteiger partial charge in [-0.3, -0.25) is 4.72 Å². The molecule has 0 aliphatic carbocycles. The maximum absolute atomic E-state index is 12.3. The highest BCUT2D eigenvalue weighted by atomic mass is 32.2. The summed E-state index contributed by atoms with van der Waals surface area (Å²) in [6.07, 6.45) is 3.50. The third kappa shape index (κ3) is 3.17. The van der Waals surface area contributed by atoms with Crippen LogP contribution in [0.3, 0.4) is 0 Å². The Bertz CT molecular complexity index is 708. The van der Waals surface area contributed by atoms with E-state index >= 15 is 0 Å². The molecule has 2 aromatic rings. The van der Waals surface area contributed by atoms with E-state index in [-0.39, 0.29) is 4.90 Å². The van der Waals surface area contributed by atoms with Gasteiger partial charge in [0.1, 0.15) is 4.90 Å². The molecule has 108 valence electrons. The zero-order valence-electron chi connectivity index (χ0n) is 11.3. The standard InChI is InChI=1S/C13H17N3O2S2/c1-16-9-13(7-11(16)8-14)20(17,18)15-10-4-3-5-12(6-10)19-2/h3-7,9,15H,8,14H2,1-2H3. The lowest BCUT2D eigenvalue weighted by atomic mass is 10.3. The van der Waals surface area contributed by atoms with Crippen LogP contribution in [0.2, 0.25) is 0 Å². The van der Waals surface area contributed by atoms with Gasteiger partial charge in [-0.2, -0.15) is 0 Å². The highest BCUT2D eigenvalue weighted by molar-refractivity contribution is 7.98. The quantitative estimate of drug-likeness (QED) is 0.828. The van der Waals surface area contributed by atoms with Crippen molar-refractivity contribution in [3.63, 3.8) is 0 Å². The molecule has 0 atom stereocenters. The number of nitrogens with zero attached hydrogens (tertiary/aromatic N) is 1. The summed E-state index contributed by atoms with van der Waals surface area (Å²) >= 11 is 1.56. The Morgan fingerprint density at radius 3 is 2.70 bits per heavy atom. The number of hydrogen-bond donors (Lipinski definition) is 2. The highest BCUT2D eigenvalue weighted by Gasteiger charge is 2.17. The topological polar surface area (TPSA) is 77.1 Å². The van der Waals surface area contributed by atoms with Gasteiger partial charge in [-0.05, 0) is 30.5 Å². The van der Waals surface area contributed by atoms with Crippen LogP contribution in [0.15, 0.2) is 46.3 Å². The smallest absolute Gasteiger partial charge is 0.263 e. The second kappa shape index (κ2) is 5.90. The minimum absolute atomic E-state index is 0.218. The molecule has 1 heterocycles. The number of nitrogens with one attached hydrogen (secondary N) is 1. The molecule has 0 amide bonds. The molecule has 0 unspecified atom stereocenters. The first kappa shape index (κ1) is 15.0. The number of hydrogen-bond acceptors (Lipinski definition) is 4. The van der Waals surface area contributed by atoms with Gasteiger partial charge in [-0.15, -0.1) is 11.8 Å². The van der Waals surface area contributed by atoms with Gasteiger partial charge in [-0.25, -0.2) is 8.42 Å². The summed E-state index contributed by atoms with van der Waals surface area (Å²) in [7, 11) is -1.81. The predicted octanol–water partition coefficient (Wildman–Crippen LogP) is 2.01. The molecular formula is C13H17N3O2S2. The summed E-state index contributed by atoms with van der Waals surface area (Å²) in [6.45, 7) is 0.300. The summed E-state index contributed by atoms with van der Waals surface area (Å²) in [5.74, 6) is 0. The van der Waals surface area contributed by atoms with E-state index in [1.54, 1.807) is 47.8 Å². The van der Waals surface area contributed by atoms with Gasteiger partial charge in [0.15, 0.2) is 0 Å². The van der Waals surface area contributed by atoms with Crippen molar-refractivity contribution in [2.75, 3.05) is 11.0 Å². The average molecular weight is 311 g/mol. The lowest BCUT2D eigenvalue weighted by Gasteiger charge is -2.07. The molecule has 0 saturated carbocycles. The van der Waals surface area contributed by atoms with Gasteiger partial charge in [0.05, 0.1) is 0 Å². The lowest BCUT2D eigenvalue weighted by molar-refractivity contribution is 0.601. The van der Waals surface area contributed by atoms with E-state index in [9.17, 15) is 8.42 Å². The minimum Gasteiger partial charge on any atom is -0.352 e. The first-order chi connectivity index (χ1) is 9.46. The molecule has 7 heteroatoms. The van der Waals surface area contributed by atoms with Crippen LogP contribution in [0, 0.1) is 0 Å². The maximum atomic E-state index is 12.3. The number of nitrogens with two attached hydrogens (primary N) is 1. The van der Waals surface area contributed by atoms with Gasteiger partial charge in [0.25, 0.3) is 10.0 Å². The molecule has 0 spiro atoms. The van der Waals surface area contributed by atoms with E-state index in [0.717, 1.165) is 10.6 Å². The van der Waals surface area contributed by atoms with Crippen LogP contribution in [0.25, 0.3) is 0 Å². The summed E-state index contributed by atoms with van der Waals surface area (Å²) in [4.78, 5) is 1.22. The summed E-state index contributed by atoms with van der Waals surface area (Å²) in [6, 6.07) is 8.86. The van der Waals surface area contributed by atoms with E-state index in [2.05, 4.69) is 4.72 Å². The Kier molecular flexibility index (Phi) is 4.42. The van der Waals surface area contributed by atoms with Crippen LogP contribution in [0.4, 0.5) is 5.69 Å². The van der Waals surface area contributed by atoms with Crippen molar-refractivity contribution >= 4 is 27.5 Å². The van der Waals surface area contributed by atoms with Crippen LogP contribution in [0.1, 0.15) is 5.69 Å². The number of aromatic nitrogens is 1. The summed E-state index contributed by atoms with van der Waals surface area (Å²) < 4.78 is 28.9. The van der Waals surface area contributed by atoms with Crippen molar-refractivity contribution in [3.05, 3.63) is 42.2 Å². The lowest BCUT2D eigenvalue weighted by Crippen LogP contribution is -2.12. The fourth-order valence-corrected chi connectivity index (χ4v) is 3.43. The summed E-state index contributed by atoms with van der Waals surface area (Å²) in [5, 5.41) is 0. The second-order valence-corrected chi connectivity index (χ2v) is 6.88. The van der Waals surface area contributed by atoms with Crippen molar-refractivity contribution in [2.24, 2.45) is 12.8 Å². The number of sulfonamides is 1. The molecule has 1 aromatic heterocycles. The zero-order valence-corrected chi connectivity index (χ0v) is 13.0. The first-order valence-corrected chi connectivity index (χ1v) is 8.69. The molecular weight excluding hydrogens is 294 g/mol. The van der Waals surface area contributed by atoms with Crippen LogP contribution < -0.4 is 10.5 Å². The van der Waals surface area contributed by atoms with Gasteiger partial charge in [0, 0.05) is 36.1 Å². The Hall–Kier alpha value is -1.44. The monoisotopic (exact) mass is 311 g/mol. The predicted molar refractivity (Wildman–Crippen MR) is 82.3 cm³/mol. The van der Waals surface area contributed by atoms with E-state index in [1.165, 1.54) is 0 Å². The van der Waals surface area contributed by atoms with Gasteiger partial charge < -0.3 is 10.3 Å². The average Bonchev–Trinajstić information content (AvgIpc) is 2.80. The second-order valence-electron chi connectivity index (χ2n) is 4.32. The number of rotatable bonds is 5. The molecule has 0 aliphatic rings. The number of aryl methyl sites for hydroxylation is 1. The van der Waals surface area contributed by atoms with Gasteiger partial charge in [0.2, 0.25) is 0 Å². The number of anilines is 1. The largest absolute Gasteiger partial charge is 0.352 e. The number of benzene rings is 1. The molecule has 1 aromatic carbocycles. The molecule has 2 rings (SSSR count). The molecule has 3 N–H and O–H groups in total. The van der Waals surface area contributed by atoms with Crippen LogP contribution in [-0.4, -0.2) is 19.2 Å². The van der Waals surface area contributed by atoms with Crippen LogP contribution in [-0.2, 0) is 23.6 Å². The normalized spacial score (nSPS) is 11.6. The Balaban J connectivity index is 2.30. The Morgan fingerprint density at radius 1 is 1.35 bits per heavy atom. The third-order valence-electron chi connectivity index (χ3n) is 2.92. The summed E-state index contributed by atoms with van der Waals surface area (Å²) in [5.41, 5.74) is 6.88. The molecule has 0 bridgehead atoms. The SMILES string of the molecule is CSc1cccc(NS(=O)(=O)c2cc(CN)n(C)c2)c1. The van der Waals surface area contributed by atoms with Crippen molar-refractivity contribution < 1.29 is 8.42 Å². The van der Waals surface area contributed by atoms with Crippen molar-refractivity contribution in [1.82, 2.24) is 4.57 Å². The fourth-order valence-electron chi connectivity index (χ4n) is 1.83. The van der Waals surface area contributed by atoms with Crippen molar-refractivity contribution in [1.29, 1.82) is 0 Å². The van der Waals surface area contributed by atoms with E-state index in [0.29, 0.717) is 12.2 Å². The molecule has 0 fully saturated rings.